The average molecular weight is 505 g/mol. The average Bonchev–Trinajstić information content (AvgIpc) is 2.65. The topological polar surface area (TPSA) is 26.3 Å². The molecule has 0 amide bonds. The van der Waals surface area contributed by atoms with Gasteiger partial charge in [0, 0.05) is 12.0 Å². The third-order valence-electron chi connectivity index (χ3n) is 5.79. The van der Waals surface area contributed by atoms with Crippen LogP contribution in [0.1, 0.15) is 76.6 Å². The highest BCUT2D eigenvalue weighted by atomic mass is 79.9. The number of hydrogen-bond acceptors (Lipinski definition) is 2. The molecule has 0 aromatic heterocycles. The summed E-state index contributed by atoms with van der Waals surface area (Å²) in [5, 5.41) is 0. The van der Waals surface area contributed by atoms with E-state index in [2.05, 4.69) is 104 Å². The Morgan fingerprint density at radius 2 is 1.22 bits per heavy atom. The predicted molar refractivity (Wildman–Crippen MR) is 130 cm³/mol. The summed E-state index contributed by atoms with van der Waals surface area (Å²) in [6.45, 7) is 15.6. The van der Waals surface area contributed by atoms with E-state index in [-0.39, 0.29) is 33.8 Å². The lowest BCUT2D eigenvalue weighted by Gasteiger charge is -2.30. The van der Waals surface area contributed by atoms with Crippen molar-refractivity contribution < 1.29 is 31.0 Å². The van der Waals surface area contributed by atoms with Crippen molar-refractivity contribution in [2.75, 3.05) is 20.6 Å². The third kappa shape index (κ3) is 9.46. The molecule has 0 spiro atoms. The minimum Gasteiger partial charge on any atom is -1.00 e. The van der Waals surface area contributed by atoms with Gasteiger partial charge in [-0.3, -0.25) is 4.79 Å². The molecule has 0 saturated heterocycles. The Balaban J connectivity index is 0.00000512. The Morgan fingerprint density at radius 3 is 1.66 bits per heavy atom. The molecule has 0 aliphatic heterocycles. The maximum atomic E-state index is 12.2. The van der Waals surface area contributed by atoms with Crippen LogP contribution in [0.25, 0.3) is 0 Å². The lowest BCUT2D eigenvalue weighted by molar-refractivity contribution is -0.903. The van der Waals surface area contributed by atoms with E-state index in [1.165, 1.54) is 16.7 Å². The number of ether oxygens (including phenoxy) is 1. The number of carbonyl (C=O) groups is 1. The number of quaternary nitrogens is 1. The van der Waals surface area contributed by atoms with E-state index >= 15 is 0 Å². The number of rotatable bonds is 8. The Morgan fingerprint density at radius 1 is 0.781 bits per heavy atom. The Hall–Kier alpha value is -1.65. The first-order chi connectivity index (χ1) is 14.3. The molecular formula is C28H42BrNO2. The van der Waals surface area contributed by atoms with Crippen LogP contribution in [0.4, 0.5) is 0 Å². The number of esters is 1. The lowest BCUT2D eigenvalue weighted by Crippen LogP contribution is -3.00. The highest BCUT2D eigenvalue weighted by molar-refractivity contribution is 5.69. The van der Waals surface area contributed by atoms with Crippen LogP contribution in [0.2, 0.25) is 0 Å². The smallest absolute Gasteiger partial charge is 0.306 e. The zero-order valence-electron chi connectivity index (χ0n) is 21.3. The second kappa shape index (κ2) is 11.5. The van der Waals surface area contributed by atoms with E-state index in [1.807, 2.05) is 0 Å². The first kappa shape index (κ1) is 28.4. The second-order valence-corrected chi connectivity index (χ2v) is 11.5. The first-order valence-electron chi connectivity index (χ1n) is 11.4. The fraction of sp³-hybridized carbons (Fsp3) is 0.536. The summed E-state index contributed by atoms with van der Waals surface area (Å²) in [7, 11) is 4.44. The zero-order valence-corrected chi connectivity index (χ0v) is 22.9. The third-order valence-corrected chi connectivity index (χ3v) is 5.79. The normalized spacial score (nSPS) is 12.2. The molecule has 4 heteroatoms. The van der Waals surface area contributed by atoms with Gasteiger partial charge < -0.3 is 26.2 Å². The highest BCUT2D eigenvalue weighted by Crippen LogP contribution is 2.24. The van der Waals surface area contributed by atoms with Gasteiger partial charge in [-0.1, -0.05) is 90.1 Å². The van der Waals surface area contributed by atoms with Crippen LogP contribution in [0.15, 0.2) is 48.5 Å². The quantitative estimate of drug-likeness (QED) is 0.407. The molecule has 0 saturated carbocycles. The molecule has 0 aliphatic carbocycles. The van der Waals surface area contributed by atoms with Crippen LogP contribution in [0, 0.1) is 0 Å². The van der Waals surface area contributed by atoms with Crippen LogP contribution < -0.4 is 17.0 Å². The second-order valence-electron chi connectivity index (χ2n) is 11.5. The molecule has 2 rings (SSSR count). The molecule has 0 radical (unpaired) electrons. The van der Waals surface area contributed by atoms with Gasteiger partial charge in [0.05, 0.1) is 27.1 Å². The monoisotopic (exact) mass is 503 g/mol. The van der Waals surface area contributed by atoms with Crippen molar-refractivity contribution in [2.24, 2.45) is 0 Å². The van der Waals surface area contributed by atoms with Gasteiger partial charge in [-0.25, -0.2) is 0 Å². The van der Waals surface area contributed by atoms with Gasteiger partial charge in [0.25, 0.3) is 0 Å². The summed E-state index contributed by atoms with van der Waals surface area (Å²) in [6.07, 6.45) is 1.29. The van der Waals surface area contributed by atoms with E-state index in [9.17, 15) is 4.79 Å². The molecule has 0 atom stereocenters. The van der Waals surface area contributed by atoms with Gasteiger partial charge in [0.2, 0.25) is 0 Å². The van der Waals surface area contributed by atoms with Gasteiger partial charge in [-0.15, -0.1) is 0 Å². The number of hydrogen-bond donors (Lipinski definition) is 0. The van der Waals surface area contributed by atoms with Gasteiger partial charge in [-0.05, 0) is 27.5 Å². The summed E-state index contributed by atoms with van der Waals surface area (Å²) >= 11 is 0. The molecule has 0 aliphatic rings. The van der Waals surface area contributed by atoms with Crippen molar-refractivity contribution in [3.05, 3.63) is 70.8 Å². The van der Waals surface area contributed by atoms with Crippen molar-refractivity contribution in [3.8, 4) is 0 Å². The fourth-order valence-electron chi connectivity index (χ4n) is 3.67. The molecule has 0 heterocycles. The van der Waals surface area contributed by atoms with Crippen molar-refractivity contribution in [3.63, 3.8) is 0 Å². The summed E-state index contributed by atoms with van der Waals surface area (Å²) in [6, 6.07) is 17.3. The van der Waals surface area contributed by atoms with Gasteiger partial charge >= 0.3 is 5.97 Å². The predicted octanol–water partition coefficient (Wildman–Crippen LogP) is 3.39. The summed E-state index contributed by atoms with van der Waals surface area (Å²) in [5.41, 5.74) is 5.33. The molecule has 0 fully saturated rings. The van der Waals surface area contributed by atoms with Crippen LogP contribution in [0.3, 0.4) is 0 Å². The summed E-state index contributed by atoms with van der Waals surface area (Å²) < 4.78 is 6.34. The zero-order chi connectivity index (χ0) is 23.3. The number of carbonyl (C=O) groups excluding carboxylic acids is 1. The van der Waals surface area contributed by atoms with Crippen LogP contribution >= 0.6 is 0 Å². The first-order valence-corrected chi connectivity index (χ1v) is 11.4. The molecule has 2 aromatic carbocycles. The van der Waals surface area contributed by atoms with Crippen molar-refractivity contribution in [2.45, 2.75) is 78.4 Å². The molecule has 0 N–H and O–H groups in total. The van der Waals surface area contributed by atoms with Crippen molar-refractivity contribution in [1.29, 1.82) is 0 Å². The molecular weight excluding hydrogens is 462 g/mol. The van der Waals surface area contributed by atoms with Crippen LogP contribution in [0.5, 0.6) is 0 Å². The van der Waals surface area contributed by atoms with E-state index in [0.717, 1.165) is 29.6 Å². The van der Waals surface area contributed by atoms with Gasteiger partial charge in [0.1, 0.15) is 13.2 Å². The number of benzene rings is 2. The molecule has 178 valence electrons. The lowest BCUT2D eigenvalue weighted by atomic mass is 9.86. The maximum absolute atomic E-state index is 12.2. The number of nitrogens with zero attached hydrogens (tertiary/aromatic N) is 1. The minimum absolute atomic E-state index is 0. The SMILES string of the molecule is CC(C)(C)c1ccc(COC(=O)CCC[N+](C)(C)Cc2ccc(C(C)(C)C)cc2)cc1.[Br-]. The van der Waals surface area contributed by atoms with E-state index in [1.54, 1.807) is 0 Å². The molecule has 3 nitrogen and oxygen atoms in total. The molecule has 32 heavy (non-hydrogen) atoms. The van der Waals surface area contributed by atoms with Crippen LogP contribution in [-0.2, 0) is 33.5 Å². The van der Waals surface area contributed by atoms with Crippen LogP contribution in [-0.4, -0.2) is 31.1 Å². The molecule has 2 aromatic rings. The largest absolute Gasteiger partial charge is 1.00 e. The van der Waals surface area contributed by atoms with E-state index in [0.29, 0.717) is 13.0 Å². The standard InChI is InChI=1S/C28H42NO2.BrH/c1-27(2,3)24-15-11-22(12-16-24)20-29(7,8)19-9-10-26(30)31-21-23-13-17-25(18-14-23)28(4,5)6;/h11-18H,9-10,19-21H2,1-8H3;1H/q+1;/p-1. The van der Waals surface area contributed by atoms with E-state index < -0.39 is 0 Å². The highest BCUT2D eigenvalue weighted by Gasteiger charge is 2.18. The molecule has 0 bridgehead atoms. The van der Waals surface area contributed by atoms with Crippen molar-refractivity contribution in [1.82, 2.24) is 0 Å². The van der Waals surface area contributed by atoms with Gasteiger partial charge in [-0.2, -0.15) is 0 Å². The Labute approximate surface area is 206 Å². The Kier molecular flexibility index (Phi) is 10.2. The van der Waals surface area contributed by atoms with Crippen molar-refractivity contribution >= 4 is 5.97 Å². The number of halogens is 1. The molecule has 0 unspecified atom stereocenters. The maximum Gasteiger partial charge on any atom is 0.306 e. The van der Waals surface area contributed by atoms with Gasteiger partial charge in [0.15, 0.2) is 0 Å². The summed E-state index contributed by atoms with van der Waals surface area (Å²) in [4.78, 5) is 12.2. The Bertz CT molecular complexity index is 841. The minimum atomic E-state index is -0.116. The summed E-state index contributed by atoms with van der Waals surface area (Å²) in [5.74, 6) is -0.116. The van der Waals surface area contributed by atoms with E-state index in [4.69, 9.17) is 4.74 Å². The fourth-order valence-corrected chi connectivity index (χ4v) is 3.67.